The van der Waals surface area contributed by atoms with Crippen molar-refractivity contribution in [2.24, 2.45) is 0 Å². The summed E-state index contributed by atoms with van der Waals surface area (Å²) >= 11 is 0. The van der Waals surface area contributed by atoms with Gasteiger partial charge in [0.2, 0.25) is 5.82 Å². The SMILES string of the molecule is COc1cccc(CC2CCCN2C(=O)c2nc(C)n(-c3ccc(F)cc3)n2)c1. The first-order chi connectivity index (χ1) is 14.0. The fourth-order valence-corrected chi connectivity index (χ4v) is 3.82. The molecule has 6 nitrogen and oxygen atoms in total. The van der Waals surface area contributed by atoms with E-state index >= 15 is 0 Å². The van der Waals surface area contributed by atoms with Crippen LogP contribution < -0.4 is 4.74 Å². The molecule has 0 saturated carbocycles. The number of carbonyl (C=O) groups excluding carboxylic acids is 1. The first-order valence-corrected chi connectivity index (χ1v) is 9.68. The summed E-state index contributed by atoms with van der Waals surface area (Å²) in [6, 6.07) is 14.0. The van der Waals surface area contributed by atoms with Gasteiger partial charge in [0.05, 0.1) is 12.8 Å². The Morgan fingerprint density at radius 2 is 2.03 bits per heavy atom. The zero-order valence-corrected chi connectivity index (χ0v) is 16.5. The molecule has 1 saturated heterocycles. The van der Waals surface area contributed by atoms with E-state index in [4.69, 9.17) is 4.74 Å². The second-order valence-corrected chi connectivity index (χ2v) is 7.22. The fraction of sp³-hybridized carbons (Fsp3) is 0.318. The number of hydrogen-bond donors (Lipinski definition) is 0. The minimum Gasteiger partial charge on any atom is -0.497 e. The van der Waals surface area contributed by atoms with E-state index in [9.17, 15) is 9.18 Å². The molecule has 1 amide bonds. The summed E-state index contributed by atoms with van der Waals surface area (Å²) in [5, 5.41) is 4.39. The number of halogens is 1. The molecule has 0 aliphatic carbocycles. The number of nitrogens with zero attached hydrogens (tertiary/aromatic N) is 4. The predicted octanol–water partition coefficient (Wildman–Crippen LogP) is 3.57. The van der Waals surface area contributed by atoms with Crippen molar-refractivity contribution in [3.05, 3.63) is 71.6 Å². The van der Waals surface area contributed by atoms with Crippen LogP contribution in [0.15, 0.2) is 48.5 Å². The second kappa shape index (κ2) is 8.03. The second-order valence-electron chi connectivity index (χ2n) is 7.22. The van der Waals surface area contributed by atoms with Crippen LogP contribution in [0, 0.1) is 12.7 Å². The van der Waals surface area contributed by atoms with Gasteiger partial charge in [-0.25, -0.2) is 14.1 Å². The van der Waals surface area contributed by atoms with Crippen LogP contribution in [-0.4, -0.2) is 45.3 Å². The molecule has 2 aromatic carbocycles. The van der Waals surface area contributed by atoms with Crippen LogP contribution in [0.25, 0.3) is 5.69 Å². The summed E-state index contributed by atoms with van der Waals surface area (Å²) in [6.07, 6.45) is 2.67. The largest absolute Gasteiger partial charge is 0.497 e. The maximum atomic E-state index is 13.2. The van der Waals surface area contributed by atoms with E-state index in [2.05, 4.69) is 16.1 Å². The van der Waals surface area contributed by atoms with Crippen LogP contribution in [0.4, 0.5) is 4.39 Å². The van der Waals surface area contributed by atoms with E-state index in [1.807, 2.05) is 23.1 Å². The Hall–Kier alpha value is -3.22. The van der Waals surface area contributed by atoms with Crippen molar-refractivity contribution in [3.8, 4) is 11.4 Å². The molecule has 1 unspecified atom stereocenters. The lowest BCUT2D eigenvalue weighted by molar-refractivity contribution is 0.0724. The van der Waals surface area contributed by atoms with Crippen LogP contribution in [0.3, 0.4) is 0 Å². The molecule has 1 aromatic heterocycles. The predicted molar refractivity (Wildman–Crippen MR) is 107 cm³/mol. The number of aryl methyl sites for hydroxylation is 1. The van der Waals surface area contributed by atoms with Crippen molar-refractivity contribution in [1.29, 1.82) is 0 Å². The molecular formula is C22H23FN4O2. The number of benzene rings is 2. The van der Waals surface area contributed by atoms with Gasteiger partial charge < -0.3 is 9.64 Å². The van der Waals surface area contributed by atoms with Gasteiger partial charge in [-0.2, -0.15) is 0 Å². The average molecular weight is 394 g/mol. The molecule has 1 aliphatic heterocycles. The number of methoxy groups -OCH3 is 1. The summed E-state index contributed by atoms with van der Waals surface area (Å²) in [6.45, 7) is 2.47. The van der Waals surface area contributed by atoms with E-state index in [1.54, 1.807) is 30.8 Å². The molecule has 2 heterocycles. The number of rotatable bonds is 5. The molecule has 0 bridgehead atoms. The van der Waals surface area contributed by atoms with Gasteiger partial charge in [-0.05, 0) is 68.1 Å². The number of aromatic nitrogens is 3. The van der Waals surface area contributed by atoms with Gasteiger partial charge in [0.1, 0.15) is 17.4 Å². The molecule has 1 aliphatic rings. The molecule has 29 heavy (non-hydrogen) atoms. The lowest BCUT2D eigenvalue weighted by Gasteiger charge is -2.23. The summed E-state index contributed by atoms with van der Waals surface area (Å²) in [7, 11) is 1.65. The van der Waals surface area contributed by atoms with Crippen LogP contribution in [0.1, 0.15) is 34.8 Å². The molecule has 150 valence electrons. The van der Waals surface area contributed by atoms with Crippen molar-refractivity contribution in [2.75, 3.05) is 13.7 Å². The third-order valence-electron chi connectivity index (χ3n) is 5.27. The Labute approximate surface area is 168 Å². The fourth-order valence-electron chi connectivity index (χ4n) is 3.82. The third kappa shape index (κ3) is 3.99. The zero-order chi connectivity index (χ0) is 20.4. The number of likely N-dealkylation sites (tertiary alicyclic amines) is 1. The topological polar surface area (TPSA) is 60.2 Å². The third-order valence-corrected chi connectivity index (χ3v) is 5.27. The van der Waals surface area contributed by atoms with Crippen molar-refractivity contribution in [2.45, 2.75) is 32.2 Å². The lowest BCUT2D eigenvalue weighted by Crippen LogP contribution is -2.37. The number of carbonyl (C=O) groups is 1. The quantitative estimate of drug-likeness (QED) is 0.664. The smallest absolute Gasteiger partial charge is 0.293 e. The highest BCUT2D eigenvalue weighted by atomic mass is 19.1. The number of hydrogen-bond acceptors (Lipinski definition) is 4. The zero-order valence-electron chi connectivity index (χ0n) is 16.5. The summed E-state index contributed by atoms with van der Waals surface area (Å²) < 4.78 is 20.1. The van der Waals surface area contributed by atoms with Crippen LogP contribution in [0.5, 0.6) is 5.75 Å². The Morgan fingerprint density at radius 1 is 1.24 bits per heavy atom. The van der Waals surface area contributed by atoms with Gasteiger partial charge in [0, 0.05) is 12.6 Å². The highest BCUT2D eigenvalue weighted by Gasteiger charge is 2.32. The van der Waals surface area contributed by atoms with E-state index in [-0.39, 0.29) is 23.6 Å². The standard InChI is InChI=1S/C22H23FN4O2/c1-15-24-21(25-27(15)18-10-8-17(23)9-11-18)22(28)26-12-4-6-19(26)13-16-5-3-7-20(14-16)29-2/h3,5,7-11,14,19H,4,6,12-13H2,1-2H3. The number of amides is 1. The van der Waals surface area contributed by atoms with Crippen LogP contribution >= 0.6 is 0 Å². The first-order valence-electron chi connectivity index (χ1n) is 9.68. The van der Waals surface area contributed by atoms with Crippen molar-refractivity contribution < 1.29 is 13.9 Å². The van der Waals surface area contributed by atoms with Crippen molar-refractivity contribution in [1.82, 2.24) is 19.7 Å². The van der Waals surface area contributed by atoms with E-state index in [0.717, 1.165) is 30.6 Å². The molecule has 0 spiro atoms. The molecule has 1 fully saturated rings. The van der Waals surface area contributed by atoms with Gasteiger partial charge in [-0.3, -0.25) is 4.79 Å². The van der Waals surface area contributed by atoms with E-state index in [1.165, 1.54) is 12.1 Å². The Morgan fingerprint density at radius 3 is 2.79 bits per heavy atom. The summed E-state index contributed by atoms with van der Waals surface area (Å²) in [5.41, 5.74) is 1.81. The number of ether oxygens (including phenoxy) is 1. The molecule has 0 radical (unpaired) electrons. The molecule has 0 N–H and O–H groups in total. The maximum absolute atomic E-state index is 13.2. The lowest BCUT2D eigenvalue weighted by atomic mass is 10.0. The molecule has 3 aromatic rings. The molecule has 4 rings (SSSR count). The van der Waals surface area contributed by atoms with Gasteiger partial charge in [0.15, 0.2) is 0 Å². The summed E-state index contributed by atoms with van der Waals surface area (Å²) in [5.74, 6) is 1.08. The Kier molecular flexibility index (Phi) is 5.29. The monoisotopic (exact) mass is 394 g/mol. The van der Waals surface area contributed by atoms with Gasteiger partial charge in [-0.1, -0.05) is 12.1 Å². The van der Waals surface area contributed by atoms with Crippen LogP contribution in [-0.2, 0) is 6.42 Å². The minimum atomic E-state index is -0.319. The normalized spacial score (nSPS) is 16.2. The minimum absolute atomic E-state index is 0.104. The molecule has 7 heteroatoms. The highest BCUT2D eigenvalue weighted by molar-refractivity contribution is 5.91. The summed E-state index contributed by atoms with van der Waals surface area (Å²) in [4.78, 5) is 19.4. The Bertz CT molecular complexity index is 1020. The molecular weight excluding hydrogens is 371 g/mol. The van der Waals surface area contributed by atoms with Crippen molar-refractivity contribution in [3.63, 3.8) is 0 Å². The van der Waals surface area contributed by atoms with Gasteiger partial charge in [0.25, 0.3) is 5.91 Å². The van der Waals surface area contributed by atoms with Gasteiger partial charge in [-0.15, -0.1) is 5.10 Å². The highest BCUT2D eigenvalue weighted by Crippen LogP contribution is 2.24. The Balaban J connectivity index is 1.54. The van der Waals surface area contributed by atoms with Crippen molar-refractivity contribution >= 4 is 5.91 Å². The van der Waals surface area contributed by atoms with E-state index in [0.29, 0.717) is 18.1 Å². The first kappa shape index (κ1) is 19.1. The average Bonchev–Trinajstić information content (AvgIpc) is 3.35. The van der Waals surface area contributed by atoms with Gasteiger partial charge >= 0.3 is 0 Å². The van der Waals surface area contributed by atoms with Crippen LogP contribution in [0.2, 0.25) is 0 Å². The maximum Gasteiger partial charge on any atom is 0.293 e. The van der Waals surface area contributed by atoms with E-state index < -0.39 is 0 Å². The molecule has 1 atom stereocenters.